The first-order valence-electron chi connectivity index (χ1n) is 8.88. The number of hydrogen-bond acceptors (Lipinski definition) is 3. The Kier molecular flexibility index (Phi) is 4.83. The van der Waals surface area contributed by atoms with Crippen LogP contribution in [-0.2, 0) is 11.0 Å². The second kappa shape index (κ2) is 7.47. The molecule has 0 atom stereocenters. The molecule has 4 rings (SSSR count). The molecule has 0 aliphatic carbocycles. The molecule has 0 aliphatic heterocycles. The standard InChI is InChI=1S/C22H14F3N3O2/c23-22(24,25)14-5-7-16(8-6-14)28-13-18(17-3-1-2-4-19(17)28)20(29)21(30)27-15-9-11-26-12-10-15/h1-13H,(H,26,27,30). The molecule has 8 heteroatoms. The summed E-state index contributed by atoms with van der Waals surface area (Å²) in [7, 11) is 0. The molecule has 30 heavy (non-hydrogen) atoms. The molecule has 2 heterocycles. The minimum Gasteiger partial charge on any atom is -0.319 e. The Morgan fingerprint density at radius 1 is 0.900 bits per heavy atom. The first kappa shape index (κ1) is 19.4. The fourth-order valence-corrected chi connectivity index (χ4v) is 3.13. The Morgan fingerprint density at radius 3 is 2.23 bits per heavy atom. The van der Waals surface area contributed by atoms with Crippen LogP contribution in [0, 0.1) is 0 Å². The third-order valence-corrected chi connectivity index (χ3v) is 4.57. The largest absolute Gasteiger partial charge is 0.416 e. The number of aromatic nitrogens is 2. The van der Waals surface area contributed by atoms with E-state index in [1.54, 1.807) is 41.0 Å². The predicted octanol–water partition coefficient (Wildman–Crippen LogP) is 4.87. The van der Waals surface area contributed by atoms with Gasteiger partial charge in [-0.05, 0) is 42.5 Å². The Balaban J connectivity index is 1.72. The molecule has 0 saturated carbocycles. The van der Waals surface area contributed by atoms with E-state index in [0.717, 1.165) is 12.1 Å². The summed E-state index contributed by atoms with van der Waals surface area (Å²) in [5.41, 5.74) is 0.840. The number of Topliss-reactive ketones (excluding diaryl/α,β-unsaturated/α-hetero) is 1. The topological polar surface area (TPSA) is 64.0 Å². The zero-order chi connectivity index (χ0) is 21.3. The summed E-state index contributed by atoms with van der Waals surface area (Å²) in [4.78, 5) is 29.1. The third-order valence-electron chi connectivity index (χ3n) is 4.57. The van der Waals surface area contributed by atoms with E-state index < -0.39 is 23.4 Å². The number of amides is 1. The molecular weight excluding hydrogens is 395 g/mol. The van der Waals surface area contributed by atoms with Crippen molar-refractivity contribution in [2.75, 3.05) is 5.32 Å². The molecule has 0 unspecified atom stereocenters. The number of benzene rings is 2. The molecule has 1 amide bonds. The molecule has 0 spiro atoms. The summed E-state index contributed by atoms with van der Waals surface area (Å²) in [6.45, 7) is 0. The van der Waals surface area contributed by atoms with Crippen molar-refractivity contribution in [1.82, 2.24) is 9.55 Å². The highest BCUT2D eigenvalue weighted by Crippen LogP contribution is 2.31. The predicted molar refractivity (Wildman–Crippen MR) is 105 cm³/mol. The first-order chi connectivity index (χ1) is 14.3. The van der Waals surface area contributed by atoms with Crippen LogP contribution in [0.4, 0.5) is 18.9 Å². The van der Waals surface area contributed by atoms with Crippen LogP contribution in [0.5, 0.6) is 0 Å². The molecule has 0 bridgehead atoms. The Labute approximate surface area is 168 Å². The number of pyridine rings is 1. The maximum Gasteiger partial charge on any atom is 0.416 e. The lowest BCUT2D eigenvalue weighted by Gasteiger charge is -2.09. The van der Waals surface area contributed by atoms with Crippen molar-refractivity contribution in [3.63, 3.8) is 0 Å². The van der Waals surface area contributed by atoms with Gasteiger partial charge in [-0.2, -0.15) is 13.2 Å². The molecule has 0 fully saturated rings. The van der Waals surface area contributed by atoms with Gasteiger partial charge in [0, 0.05) is 35.4 Å². The smallest absolute Gasteiger partial charge is 0.319 e. The number of carbonyl (C=O) groups excluding carboxylic acids is 2. The molecule has 1 N–H and O–H groups in total. The number of anilines is 1. The van der Waals surface area contributed by atoms with Crippen molar-refractivity contribution in [3.8, 4) is 5.69 Å². The van der Waals surface area contributed by atoms with Crippen molar-refractivity contribution in [3.05, 3.63) is 90.4 Å². The van der Waals surface area contributed by atoms with Gasteiger partial charge in [-0.25, -0.2) is 0 Å². The van der Waals surface area contributed by atoms with Gasteiger partial charge >= 0.3 is 6.18 Å². The molecule has 2 aromatic carbocycles. The van der Waals surface area contributed by atoms with Gasteiger partial charge in [-0.1, -0.05) is 18.2 Å². The van der Waals surface area contributed by atoms with Gasteiger partial charge in [0.25, 0.3) is 11.7 Å². The number of ketones is 1. The van der Waals surface area contributed by atoms with Crippen molar-refractivity contribution in [2.24, 2.45) is 0 Å². The number of hydrogen-bond donors (Lipinski definition) is 1. The molecule has 0 aliphatic rings. The number of para-hydroxylation sites is 1. The van der Waals surface area contributed by atoms with Gasteiger partial charge < -0.3 is 9.88 Å². The number of nitrogens with one attached hydrogen (secondary N) is 1. The normalized spacial score (nSPS) is 11.4. The lowest BCUT2D eigenvalue weighted by molar-refractivity contribution is -0.137. The SMILES string of the molecule is O=C(Nc1ccncc1)C(=O)c1cn(-c2ccc(C(F)(F)F)cc2)c2ccccc12. The van der Waals surface area contributed by atoms with Crippen LogP contribution in [0.2, 0.25) is 0 Å². The van der Waals surface area contributed by atoms with E-state index in [2.05, 4.69) is 10.3 Å². The highest BCUT2D eigenvalue weighted by Gasteiger charge is 2.30. The second-order valence-electron chi connectivity index (χ2n) is 6.49. The average Bonchev–Trinajstić information content (AvgIpc) is 3.13. The van der Waals surface area contributed by atoms with Crippen LogP contribution in [0.3, 0.4) is 0 Å². The van der Waals surface area contributed by atoms with Crippen molar-refractivity contribution >= 4 is 28.3 Å². The summed E-state index contributed by atoms with van der Waals surface area (Å²) < 4.78 is 40.1. The summed E-state index contributed by atoms with van der Waals surface area (Å²) in [5, 5.41) is 3.04. The van der Waals surface area contributed by atoms with Crippen molar-refractivity contribution in [2.45, 2.75) is 6.18 Å². The number of nitrogens with zero attached hydrogens (tertiary/aromatic N) is 2. The number of carbonyl (C=O) groups is 2. The third kappa shape index (κ3) is 3.67. The first-order valence-corrected chi connectivity index (χ1v) is 8.88. The zero-order valence-corrected chi connectivity index (χ0v) is 15.4. The number of fused-ring (bicyclic) bond motifs is 1. The van der Waals surface area contributed by atoms with Gasteiger partial charge in [-0.15, -0.1) is 0 Å². The zero-order valence-electron chi connectivity index (χ0n) is 15.4. The number of halogens is 3. The van der Waals surface area contributed by atoms with Gasteiger partial charge in [0.15, 0.2) is 0 Å². The maximum atomic E-state index is 12.9. The molecular formula is C22H14F3N3O2. The van der Waals surface area contributed by atoms with E-state index in [1.807, 2.05) is 0 Å². The van der Waals surface area contributed by atoms with Crippen LogP contribution in [0.25, 0.3) is 16.6 Å². The Morgan fingerprint density at radius 2 is 1.57 bits per heavy atom. The quantitative estimate of drug-likeness (QED) is 0.387. The van der Waals surface area contributed by atoms with E-state index in [9.17, 15) is 22.8 Å². The van der Waals surface area contributed by atoms with Crippen LogP contribution in [0.15, 0.2) is 79.3 Å². The van der Waals surface area contributed by atoms with Gasteiger partial charge in [0.1, 0.15) is 0 Å². The average molecular weight is 409 g/mol. The van der Waals surface area contributed by atoms with Gasteiger partial charge in [-0.3, -0.25) is 14.6 Å². The molecule has 0 saturated heterocycles. The molecule has 150 valence electrons. The summed E-state index contributed by atoms with van der Waals surface area (Å²) in [6, 6.07) is 14.6. The second-order valence-corrected chi connectivity index (χ2v) is 6.49. The summed E-state index contributed by atoms with van der Waals surface area (Å²) >= 11 is 0. The van der Waals surface area contributed by atoms with E-state index in [-0.39, 0.29) is 5.56 Å². The summed E-state index contributed by atoms with van der Waals surface area (Å²) in [5.74, 6) is -1.58. The van der Waals surface area contributed by atoms with E-state index >= 15 is 0 Å². The van der Waals surface area contributed by atoms with Crippen LogP contribution < -0.4 is 5.32 Å². The lowest BCUT2D eigenvalue weighted by Crippen LogP contribution is -2.22. The maximum absolute atomic E-state index is 12.9. The highest BCUT2D eigenvalue weighted by atomic mass is 19.4. The number of alkyl halides is 3. The van der Waals surface area contributed by atoms with Gasteiger partial charge in [0.2, 0.25) is 0 Å². The van der Waals surface area contributed by atoms with E-state index in [0.29, 0.717) is 22.3 Å². The van der Waals surface area contributed by atoms with Crippen LogP contribution in [0.1, 0.15) is 15.9 Å². The van der Waals surface area contributed by atoms with Gasteiger partial charge in [0.05, 0.1) is 16.6 Å². The molecule has 4 aromatic rings. The number of rotatable bonds is 4. The minimum absolute atomic E-state index is 0.150. The Bertz CT molecular complexity index is 1230. The Hall–Kier alpha value is -3.94. The fourth-order valence-electron chi connectivity index (χ4n) is 3.13. The molecule has 5 nitrogen and oxygen atoms in total. The van der Waals surface area contributed by atoms with Crippen LogP contribution in [-0.4, -0.2) is 21.2 Å². The van der Waals surface area contributed by atoms with E-state index in [4.69, 9.17) is 0 Å². The molecule has 0 radical (unpaired) electrons. The molecule has 2 aromatic heterocycles. The fraction of sp³-hybridized carbons (Fsp3) is 0.0455. The van der Waals surface area contributed by atoms with E-state index in [1.165, 1.54) is 30.7 Å². The lowest BCUT2D eigenvalue weighted by atomic mass is 10.1. The van der Waals surface area contributed by atoms with Crippen molar-refractivity contribution in [1.29, 1.82) is 0 Å². The van der Waals surface area contributed by atoms with Crippen molar-refractivity contribution < 1.29 is 22.8 Å². The minimum atomic E-state index is -4.44. The van der Waals surface area contributed by atoms with Crippen LogP contribution >= 0.6 is 0 Å². The summed E-state index contributed by atoms with van der Waals surface area (Å²) in [6.07, 6.45) is -0.0156. The monoisotopic (exact) mass is 409 g/mol. The highest BCUT2D eigenvalue weighted by molar-refractivity contribution is 6.48.